The molecule has 1 heterocycles. The molecule has 2 N–H and O–H groups in total. The van der Waals surface area contributed by atoms with E-state index in [4.69, 9.17) is 9.47 Å². The summed E-state index contributed by atoms with van der Waals surface area (Å²) >= 11 is 0. The van der Waals surface area contributed by atoms with Gasteiger partial charge in [-0.2, -0.15) is 0 Å². The molecule has 0 fully saturated rings. The van der Waals surface area contributed by atoms with E-state index in [1.165, 1.54) is 5.56 Å². The SMILES string of the molecule is COCCOCCCCNC(=O)C1Cc2ccccc2N1. The first kappa shape index (κ1) is 15.8. The van der Waals surface area contributed by atoms with Gasteiger partial charge in [0.2, 0.25) is 5.91 Å². The summed E-state index contributed by atoms with van der Waals surface area (Å²) in [6, 6.07) is 7.92. The summed E-state index contributed by atoms with van der Waals surface area (Å²) in [5.41, 5.74) is 2.29. The van der Waals surface area contributed by atoms with Gasteiger partial charge < -0.3 is 20.1 Å². The van der Waals surface area contributed by atoms with Gasteiger partial charge in [0.25, 0.3) is 0 Å². The number of carbonyl (C=O) groups is 1. The molecule has 0 bridgehead atoms. The molecule has 1 aliphatic rings. The topological polar surface area (TPSA) is 59.6 Å². The van der Waals surface area contributed by atoms with E-state index in [0.717, 1.165) is 24.9 Å². The predicted octanol–water partition coefficient (Wildman–Crippen LogP) is 1.58. The zero-order valence-electron chi connectivity index (χ0n) is 12.6. The summed E-state index contributed by atoms with van der Waals surface area (Å²) in [4.78, 5) is 12.1. The van der Waals surface area contributed by atoms with Gasteiger partial charge in [-0.1, -0.05) is 18.2 Å². The molecule has 0 spiro atoms. The molecule has 1 atom stereocenters. The lowest BCUT2D eigenvalue weighted by Crippen LogP contribution is -2.38. The molecule has 0 radical (unpaired) electrons. The number of carbonyl (C=O) groups excluding carboxylic acids is 1. The Kier molecular flexibility index (Phi) is 6.50. The van der Waals surface area contributed by atoms with Gasteiger partial charge >= 0.3 is 0 Å². The zero-order chi connectivity index (χ0) is 14.9. The van der Waals surface area contributed by atoms with Crippen LogP contribution in [0.4, 0.5) is 5.69 Å². The van der Waals surface area contributed by atoms with E-state index in [-0.39, 0.29) is 11.9 Å². The standard InChI is InChI=1S/C16H24N2O3/c1-20-10-11-21-9-5-4-8-17-16(19)15-12-13-6-2-3-7-14(13)18-15/h2-3,6-7,15,18H,4-5,8-12H2,1H3,(H,17,19). The Hall–Kier alpha value is -1.59. The molecule has 116 valence electrons. The van der Waals surface area contributed by atoms with Crippen LogP contribution in [0.15, 0.2) is 24.3 Å². The van der Waals surface area contributed by atoms with Crippen molar-refractivity contribution in [1.82, 2.24) is 5.32 Å². The molecule has 1 aromatic carbocycles. The monoisotopic (exact) mass is 292 g/mol. The summed E-state index contributed by atoms with van der Waals surface area (Å²) in [5, 5.41) is 6.24. The van der Waals surface area contributed by atoms with Gasteiger partial charge in [0.05, 0.1) is 13.2 Å². The maximum Gasteiger partial charge on any atom is 0.242 e. The number of hydrogen-bond acceptors (Lipinski definition) is 4. The fourth-order valence-corrected chi connectivity index (χ4v) is 2.36. The fraction of sp³-hybridized carbons (Fsp3) is 0.562. The second kappa shape index (κ2) is 8.64. The number of benzene rings is 1. The highest BCUT2D eigenvalue weighted by atomic mass is 16.5. The lowest BCUT2D eigenvalue weighted by Gasteiger charge is -2.12. The van der Waals surface area contributed by atoms with Crippen LogP contribution in [0.1, 0.15) is 18.4 Å². The molecule has 0 aromatic heterocycles. The van der Waals surface area contributed by atoms with E-state index in [1.54, 1.807) is 7.11 Å². The smallest absolute Gasteiger partial charge is 0.242 e. The van der Waals surface area contributed by atoms with Crippen molar-refractivity contribution >= 4 is 11.6 Å². The largest absolute Gasteiger partial charge is 0.382 e. The number of unbranched alkanes of at least 4 members (excludes halogenated alkanes) is 1. The third kappa shape index (κ3) is 5.02. The third-order valence-electron chi connectivity index (χ3n) is 3.53. The van der Waals surface area contributed by atoms with Crippen LogP contribution < -0.4 is 10.6 Å². The molecule has 5 heteroatoms. The van der Waals surface area contributed by atoms with Crippen LogP contribution in [0, 0.1) is 0 Å². The van der Waals surface area contributed by atoms with Gasteiger partial charge in [0.1, 0.15) is 6.04 Å². The summed E-state index contributed by atoms with van der Waals surface area (Å²) < 4.78 is 10.3. The Morgan fingerprint density at radius 1 is 1.29 bits per heavy atom. The maximum absolute atomic E-state index is 12.1. The minimum atomic E-state index is -0.139. The molecule has 0 saturated carbocycles. The summed E-state index contributed by atoms with van der Waals surface area (Å²) in [5.74, 6) is 0.0755. The lowest BCUT2D eigenvalue weighted by atomic mass is 10.1. The summed E-state index contributed by atoms with van der Waals surface area (Å²) in [6.07, 6.45) is 2.64. The molecule has 0 aliphatic carbocycles. The zero-order valence-corrected chi connectivity index (χ0v) is 12.6. The number of ether oxygens (including phenoxy) is 2. The first-order chi connectivity index (χ1) is 10.3. The van der Waals surface area contributed by atoms with Crippen molar-refractivity contribution in [2.24, 2.45) is 0 Å². The van der Waals surface area contributed by atoms with Gasteiger partial charge in [0, 0.05) is 32.4 Å². The highest BCUT2D eigenvalue weighted by Gasteiger charge is 2.25. The Bertz CT molecular complexity index is 426. The van der Waals surface area contributed by atoms with Crippen molar-refractivity contribution in [3.8, 4) is 0 Å². The normalized spacial score (nSPS) is 16.3. The molecule has 1 aromatic rings. The average Bonchev–Trinajstić information content (AvgIpc) is 2.94. The average molecular weight is 292 g/mol. The highest BCUT2D eigenvalue weighted by Crippen LogP contribution is 2.24. The van der Waals surface area contributed by atoms with Crippen LogP contribution in [-0.4, -0.2) is 45.4 Å². The minimum absolute atomic E-state index is 0.0755. The van der Waals surface area contributed by atoms with Crippen LogP contribution >= 0.6 is 0 Å². The number of methoxy groups -OCH3 is 1. The molecule has 0 saturated heterocycles. The first-order valence-corrected chi connectivity index (χ1v) is 7.50. The van der Waals surface area contributed by atoms with Crippen LogP contribution in [-0.2, 0) is 20.7 Å². The number of anilines is 1. The second-order valence-corrected chi connectivity index (χ2v) is 5.16. The molecule has 1 aliphatic heterocycles. The number of amides is 1. The van der Waals surface area contributed by atoms with Gasteiger partial charge in [0.15, 0.2) is 0 Å². The van der Waals surface area contributed by atoms with Gasteiger partial charge in [-0.05, 0) is 24.5 Å². The Balaban J connectivity index is 1.55. The summed E-state index contributed by atoms with van der Waals surface area (Å²) in [7, 11) is 1.66. The maximum atomic E-state index is 12.1. The molecule has 2 rings (SSSR count). The van der Waals surface area contributed by atoms with Crippen molar-refractivity contribution in [2.45, 2.75) is 25.3 Å². The molecule has 1 unspecified atom stereocenters. The van der Waals surface area contributed by atoms with E-state index in [1.807, 2.05) is 18.2 Å². The fourth-order valence-electron chi connectivity index (χ4n) is 2.36. The first-order valence-electron chi connectivity index (χ1n) is 7.50. The van der Waals surface area contributed by atoms with Crippen LogP contribution in [0.3, 0.4) is 0 Å². The highest BCUT2D eigenvalue weighted by molar-refractivity contribution is 5.87. The van der Waals surface area contributed by atoms with Crippen molar-refractivity contribution < 1.29 is 14.3 Å². The Morgan fingerprint density at radius 3 is 2.95 bits per heavy atom. The quantitative estimate of drug-likeness (QED) is 0.679. The second-order valence-electron chi connectivity index (χ2n) is 5.16. The minimum Gasteiger partial charge on any atom is -0.382 e. The predicted molar refractivity (Wildman–Crippen MR) is 82.5 cm³/mol. The van der Waals surface area contributed by atoms with Crippen molar-refractivity contribution in [3.63, 3.8) is 0 Å². The molecule has 1 amide bonds. The van der Waals surface area contributed by atoms with E-state index < -0.39 is 0 Å². The van der Waals surface area contributed by atoms with Crippen molar-refractivity contribution in [2.75, 3.05) is 38.8 Å². The van der Waals surface area contributed by atoms with Crippen LogP contribution in [0.2, 0.25) is 0 Å². The number of para-hydroxylation sites is 1. The number of fused-ring (bicyclic) bond motifs is 1. The Labute approximate surface area is 126 Å². The summed E-state index contributed by atoms with van der Waals surface area (Å²) in [6.45, 7) is 2.67. The van der Waals surface area contributed by atoms with E-state index >= 15 is 0 Å². The Morgan fingerprint density at radius 2 is 2.14 bits per heavy atom. The van der Waals surface area contributed by atoms with E-state index in [0.29, 0.717) is 26.4 Å². The van der Waals surface area contributed by atoms with Crippen molar-refractivity contribution in [3.05, 3.63) is 29.8 Å². The number of rotatable bonds is 9. The molecule has 5 nitrogen and oxygen atoms in total. The molecular weight excluding hydrogens is 268 g/mol. The van der Waals surface area contributed by atoms with E-state index in [2.05, 4.69) is 16.7 Å². The molecule has 21 heavy (non-hydrogen) atoms. The van der Waals surface area contributed by atoms with Crippen molar-refractivity contribution in [1.29, 1.82) is 0 Å². The third-order valence-corrected chi connectivity index (χ3v) is 3.53. The number of nitrogens with one attached hydrogen (secondary N) is 2. The van der Waals surface area contributed by atoms with Crippen LogP contribution in [0.25, 0.3) is 0 Å². The van der Waals surface area contributed by atoms with Gasteiger partial charge in [-0.15, -0.1) is 0 Å². The number of hydrogen-bond donors (Lipinski definition) is 2. The lowest BCUT2D eigenvalue weighted by molar-refractivity contribution is -0.121. The van der Waals surface area contributed by atoms with Crippen LogP contribution in [0.5, 0.6) is 0 Å². The van der Waals surface area contributed by atoms with Gasteiger partial charge in [-0.3, -0.25) is 4.79 Å². The molecular formula is C16H24N2O3. The van der Waals surface area contributed by atoms with Gasteiger partial charge in [-0.25, -0.2) is 0 Å². The van der Waals surface area contributed by atoms with E-state index in [9.17, 15) is 4.79 Å².